The number of carboxylic acids is 1. The number of rotatable bonds is 4. The lowest BCUT2D eigenvalue weighted by atomic mass is 10.0. The summed E-state index contributed by atoms with van der Waals surface area (Å²) < 4.78 is 0. The molecule has 15 heavy (non-hydrogen) atoms. The van der Waals surface area contributed by atoms with Gasteiger partial charge in [-0.05, 0) is 24.1 Å². The van der Waals surface area contributed by atoms with E-state index >= 15 is 0 Å². The van der Waals surface area contributed by atoms with Crippen LogP contribution in [-0.2, 0) is 11.2 Å². The van der Waals surface area contributed by atoms with E-state index in [-0.39, 0.29) is 6.42 Å². The Morgan fingerprint density at radius 3 is 2.67 bits per heavy atom. The molecule has 0 aliphatic carbocycles. The fourth-order valence-corrected chi connectivity index (χ4v) is 1.75. The van der Waals surface area contributed by atoms with E-state index in [1.165, 1.54) is 0 Å². The second kappa shape index (κ2) is 5.35. The third kappa shape index (κ3) is 4.08. The first-order valence-electron chi connectivity index (χ1n) is 4.40. The highest BCUT2D eigenvalue weighted by atomic mass is 35.5. The van der Waals surface area contributed by atoms with Gasteiger partial charge in [-0.3, -0.25) is 4.79 Å². The summed E-state index contributed by atoms with van der Waals surface area (Å²) in [4.78, 5) is 10.4. The SMILES string of the molecule is N[C@@H](CC(=O)O)Cc1ccc(Cl)cc1Cl. The number of benzene rings is 1. The van der Waals surface area contributed by atoms with Crippen molar-refractivity contribution in [3.05, 3.63) is 33.8 Å². The molecule has 0 amide bonds. The van der Waals surface area contributed by atoms with Crippen LogP contribution >= 0.6 is 23.2 Å². The van der Waals surface area contributed by atoms with E-state index in [1.807, 2.05) is 0 Å². The van der Waals surface area contributed by atoms with Gasteiger partial charge in [0, 0.05) is 16.1 Å². The summed E-state index contributed by atoms with van der Waals surface area (Å²) in [6.45, 7) is 0. The molecule has 0 aliphatic rings. The molecule has 3 N–H and O–H groups in total. The van der Waals surface area contributed by atoms with Crippen LogP contribution in [0.3, 0.4) is 0 Å². The minimum Gasteiger partial charge on any atom is -0.481 e. The van der Waals surface area contributed by atoms with E-state index in [4.69, 9.17) is 34.0 Å². The standard InChI is InChI=1S/C10H11Cl2NO2/c11-7-2-1-6(9(12)4-7)3-8(13)5-10(14)15/h1-2,4,8H,3,5,13H2,(H,14,15)/t8-/m1/s1. The summed E-state index contributed by atoms with van der Waals surface area (Å²) in [6.07, 6.45) is 0.362. The molecule has 0 aliphatic heterocycles. The Balaban J connectivity index is 2.68. The Hall–Kier alpha value is -0.770. The van der Waals surface area contributed by atoms with Crippen molar-refractivity contribution >= 4 is 29.2 Å². The van der Waals surface area contributed by atoms with Gasteiger partial charge in [0.1, 0.15) is 0 Å². The zero-order chi connectivity index (χ0) is 11.4. The van der Waals surface area contributed by atoms with E-state index in [2.05, 4.69) is 0 Å². The lowest BCUT2D eigenvalue weighted by Gasteiger charge is -2.10. The normalized spacial score (nSPS) is 12.5. The monoisotopic (exact) mass is 247 g/mol. The van der Waals surface area contributed by atoms with E-state index < -0.39 is 12.0 Å². The molecular formula is C10H11Cl2NO2. The third-order valence-electron chi connectivity index (χ3n) is 1.93. The van der Waals surface area contributed by atoms with Gasteiger partial charge in [-0.15, -0.1) is 0 Å². The Bertz CT molecular complexity index is 368. The van der Waals surface area contributed by atoms with Crippen LogP contribution in [0.2, 0.25) is 10.0 Å². The van der Waals surface area contributed by atoms with Crippen molar-refractivity contribution in [3.63, 3.8) is 0 Å². The maximum atomic E-state index is 10.4. The highest BCUT2D eigenvalue weighted by molar-refractivity contribution is 6.35. The van der Waals surface area contributed by atoms with Crippen molar-refractivity contribution in [2.75, 3.05) is 0 Å². The second-order valence-corrected chi connectivity index (χ2v) is 4.14. The predicted octanol–water partition coefficient (Wildman–Crippen LogP) is 2.34. The summed E-state index contributed by atoms with van der Waals surface area (Å²) in [5.74, 6) is -0.910. The van der Waals surface area contributed by atoms with Gasteiger partial charge >= 0.3 is 5.97 Å². The number of hydrogen-bond acceptors (Lipinski definition) is 2. The van der Waals surface area contributed by atoms with Gasteiger partial charge in [-0.25, -0.2) is 0 Å². The van der Waals surface area contributed by atoms with Crippen LogP contribution in [0.15, 0.2) is 18.2 Å². The zero-order valence-corrected chi connectivity index (χ0v) is 9.42. The van der Waals surface area contributed by atoms with Gasteiger partial charge in [0.05, 0.1) is 6.42 Å². The number of carbonyl (C=O) groups is 1. The van der Waals surface area contributed by atoms with Crippen LogP contribution in [-0.4, -0.2) is 17.1 Å². The molecule has 0 saturated carbocycles. The molecule has 3 nitrogen and oxygen atoms in total. The smallest absolute Gasteiger partial charge is 0.304 e. The Morgan fingerprint density at radius 2 is 2.13 bits per heavy atom. The molecule has 82 valence electrons. The largest absolute Gasteiger partial charge is 0.481 e. The van der Waals surface area contributed by atoms with Gasteiger partial charge in [-0.1, -0.05) is 29.3 Å². The third-order valence-corrected chi connectivity index (χ3v) is 2.52. The maximum Gasteiger partial charge on any atom is 0.304 e. The summed E-state index contributed by atoms with van der Waals surface area (Å²) >= 11 is 11.7. The van der Waals surface area contributed by atoms with Crippen LogP contribution in [0.25, 0.3) is 0 Å². The number of carboxylic acid groups (broad SMARTS) is 1. The van der Waals surface area contributed by atoms with Gasteiger partial charge in [0.25, 0.3) is 0 Å². The molecule has 0 aromatic heterocycles. The molecule has 1 atom stereocenters. The average Bonchev–Trinajstić information content (AvgIpc) is 2.08. The van der Waals surface area contributed by atoms with E-state index in [1.54, 1.807) is 18.2 Å². The lowest BCUT2D eigenvalue weighted by Crippen LogP contribution is -2.26. The first-order chi connectivity index (χ1) is 6.99. The Kier molecular flexibility index (Phi) is 4.39. The van der Waals surface area contributed by atoms with Crippen LogP contribution in [0, 0.1) is 0 Å². The van der Waals surface area contributed by atoms with E-state index in [9.17, 15) is 4.79 Å². The lowest BCUT2D eigenvalue weighted by molar-refractivity contribution is -0.137. The molecule has 0 bridgehead atoms. The number of hydrogen-bond donors (Lipinski definition) is 2. The first kappa shape index (κ1) is 12.3. The maximum absolute atomic E-state index is 10.4. The molecule has 0 spiro atoms. The van der Waals surface area contributed by atoms with Crippen LogP contribution < -0.4 is 5.73 Å². The van der Waals surface area contributed by atoms with Crippen molar-refractivity contribution in [2.24, 2.45) is 5.73 Å². The minimum absolute atomic E-state index is 0.0705. The van der Waals surface area contributed by atoms with Crippen molar-refractivity contribution in [2.45, 2.75) is 18.9 Å². The van der Waals surface area contributed by atoms with E-state index in [0.717, 1.165) is 5.56 Å². The van der Waals surface area contributed by atoms with E-state index in [0.29, 0.717) is 16.5 Å². The van der Waals surface area contributed by atoms with Crippen molar-refractivity contribution in [1.82, 2.24) is 0 Å². The number of nitrogens with two attached hydrogens (primary N) is 1. The van der Waals surface area contributed by atoms with Crippen molar-refractivity contribution in [3.8, 4) is 0 Å². The second-order valence-electron chi connectivity index (χ2n) is 3.30. The molecule has 1 rings (SSSR count). The first-order valence-corrected chi connectivity index (χ1v) is 5.16. The average molecular weight is 248 g/mol. The highest BCUT2D eigenvalue weighted by Crippen LogP contribution is 2.22. The Labute approximate surface area is 97.8 Å². The topological polar surface area (TPSA) is 63.3 Å². The fourth-order valence-electron chi connectivity index (χ4n) is 1.27. The molecule has 0 heterocycles. The van der Waals surface area contributed by atoms with Gasteiger partial charge in [-0.2, -0.15) is 0 Å². The fraction of sp³-hybridized carbons (Fsp3) is 0.300. The van der Waals surface area contributed by atoms with Crippen LogP contribution in [0.1, 0.15) is 12.0 Å². The van der Waals surface area contributed by atoms with Gasteiger partial charge in [0.2, 0.25) is 0 Å². The highest BCUT2D eigenvalue weighted by Gasteiger charge is 2.11. The van der Waals surface area contributed by atoms with Crippen molar-refractivity contribution < 1.29 is 9.90 Å². The molecule has 1 aromatic carbocycles. The quantitative estimate of drug-likeness (QED) is 0.859. The van der Waals surface area contributed by atoms with Crippen LogP contribution in [0.5, 0.6) is 0 Å². The zero-order valence-electron chi connectivity index (χ0n) is 7.91. The summed E-state index contributed by atoms with van der Waals surface area (Å²) in [5.41, 5.74) is 6.46. The van der Waals surface area contributed by atoms with Crippen molar-refractivity contribution in [1.29, 1.82) is 0 Å². The molecule has 0 fully saturated rings. The minimum atomic E-state index is -0.910. The van der Waals surface area contributed by atoms with Gasteiger partial charge in [0.15, 0.2) is 0 Å². The Morgan fingerprint density at radius 1 is 1.47 bits per heavy atom. The van der Waals surface area contributed by atoms with Crippen LogP contribution in [0.4, 0.5) is 0 Å². The molecule has 1 aromatic rings. The number of halogens is 2. The van der Waals surface area contributed by atoms with Gasteiger partial charge < -0.3 is 10.8 Å². The molecule has 0 unspecified atom stereocenters. The number of aliphatic carboxylic acids is 1. The molecule has 0 saturated heterocycles. The molecule has 0 radical (unpaired) electrons. The molecule has 5 heteroatoms. The summed E-state index contributed by atoms with van der Waals surface area (Å²) in [5, 5.41) is 9.61. The summed E-state index contributed by atoms with van der Waals surface area (Å²) in [7, 11) is 0. The molecular weight excluding hydrogens is 237 g/mol. The predicted molar refractivity (Wildman–Crippen MR) is 60.4 cm³/mol. The summed E-state index contributed by atoms with van der Waals surface area (Å²) in [6, 6.07) is 4.65.